The average Bonchev–Trinajstić information content (AvgIpc) is 2.53. The molecule has 0 spiro atoms. The van der Waals surface area contributed by atoms with Gasteiger partial charge in [-0.25, -0.2) is 0 Å². The van der Waals surface area contributed by atoms with Crippen molar-refractivity contribution in [3.05, 3.63) is 42.2 Å². The lowest BCUT2D eigenvalue weighted by Crippen LogP contribution is -2.32. The Morgan fingerprint density at radius 3 is 2.85 bits per heavy atom. The Balaban J connectivity index is 1.99. The molecule has 1 aliphatic carbocycles. The molecular weight excluding hydrogens is 248 g/mol. The number of pyridine rings is 1. The molecule has 1 saturated carbocycles. The number of nitrogens with two attached hydrogens (primary N) is 1. The van der Waals surface area contributed by atoms with Crippen LogP contribution in [0.1, 0.15) is 36.0 Å². The molecule has 1 aliphatic rings. The highest BCUT2D eigenvalue weighted by Crippen LogP contribution is 2.33. The van der Waals surface area contributed by atoms with E-state index >= 15 is 0 Å². The standard InChI is InChI=1S/C17H20N2O/c18-9-12-5-1-4-8-15(12)17(20)16-11-19-10-13-6-2-3-7-14(13)16/h2-3,6-7,10-12,15H,1,4-5,8-9,18H2. The van der Waals surface area contributed by atoms with Gasteiger partial charge in [0.1, 0.15) is 0 Å². The van der Waals surface area contributed by atoms with Gasteiger partial charge in [0, 0.05) is 29.3 Å². The van der Waals surface area contributed by atoms with E-state index in [2.05, 4.69) is 4.98 Å². The highest BCUT2D eigenvalue weighted by Gasteiger charge is 2.31. The number of aromatic nitrogens is 1. The summed E-state index contributed by atoms with van der Waals surface area (Å²) in [6, 6.07) is 7.95. The second-order valence-electron chi connectivity index (χ2n) is 5.66. The summed E-state index contributed by atoms with van der Waals surface area (Å²) < 4.78 is 0. The number of carbonyl (C=O) groups excluding carboxylic acids is 1. The first-order valence-electron chi connectivity index (χ1n) is 7.38. The molecule has 2 atom stereocenters. The van der Waals surface area contributed by atoms with Gasteiger partial charge < -0.3 is 5.73 Å². The third-order valence-corrected chi connectivity index (χ3v) is 4.48. The van der Waals surface area contributed by atoms with Crippen LogP contribution in [0.3, 0.4) is 0 Å². The summed E-state index contributed by atoms with van der Waals surface area (Å²) in [4.78, 5) is 17.1. The van der Waals surface area contributed by atoms with Crippen molar-refractivity contribution in [2.24, 2.45) is 17.6 Å². The van der Waals surface area contributed by atoms with Gasteiger partial charge in [-0.1, -0.05) is 37.1 Å². The molecule has 104 valence electrons. The lowest BCUT2D eigenvalue weighted by atomic mass is 9.75. The molecule has 1 aromatic heterocycles. The van der Waals surface area contributed by atoms with Crippen LogP contribution in [0.25, 0.3) is 10.8 Å². The van der Waals surface area contributed by atoms with E-state index in [-0.39, 0.29) is 11.7 Å². The summed E-state index contributed by atoms with van der Waals surface area (Å²) >= 11 is 0. The second kappa shape index (κ2) is 5.71. The maximum Gasteiger partial charge on any atom is 0.168 e. The van der Waals surface area contributed by atoms with Crippen molar-refractivity contribution in [3.8, 4) is 0 Å². The molecule has 20 heavy (non-hydrogen) atoms. The van der Waals surface area contributed by atoms with E-state index in [0.29, 0.717) is 12.5 Å². The molecule has 2 unspecified atom stereocenters. The summed E-state index contributed by atoms with van der Waals surface area (Å²) in [5.74, 6) is 0.626. The Bertz CT molecular complexity index is 618. The Labute approximate surface area is 119 Å². The fourth-order valence-electron chi connectivity index (χ4n) is 3.35. The third kappa shape index (κ3) is 2.34. The maximum absolute atomic E-state index is 12.9. The third-order valence-electron chi connectivity index (χ3n) is 4.48. The molecule has 2 N–H and O–H groups in total. The molecule has 3 nitrogen and oxygen atoms in total. The zero-order chi connectivity index (χ0) is 13.9. The normalized spacial score (nSPS) is 22.9. The van der Waals surface area contributed by atoms with Crippen molar-refractivity contribution in [2.75, 3.05) is 6.54 Å². The van der Waals surface area contributed by atoms with Crippen LogP contribution in [-0.4, -0.2) is 17.3 Å². The minimum Gasteiger partial charge on any atom is -0.330 e. The van der Waals surface area contributed by atoms with Gasteiger partial charge >= 0.3 is 0 Å². The van der Waals surface area contributed by atoms with Crippen LogP contribution in [0.2, 0.25) is 0 Å². The molecule has 1 aromatic carbocycles. The predicted octanol–water partition coefficient (Wildman–Crippen LogP) is 3.18. The molecule has 0 radical (unpaired) electrons. The van der Waals surface area contributed by atoms with Crippen molar-refractivity contribution in [3.63, 3.8) is 0 Å². The van der Waals surface area contributed by atoms with Crippen molar-refractivity contribution in [1.82, 2.24) is 4.98 Å². The highest BCUT2D eigenvalue weighted by atomic mass is 16.1. The maximum atomic E-state index is 12.9. The summed E-state index contributed by atoms with van der Waals surface area (Å²) in [5.41, 5.74) is 6.61. The molecule has 2 aromatic rings. The first kappa shape index (κ1) is 13.3. The second-order valence-corrected chi connectivity index (χ2v) is 5.66. The molecule has 0 amide bonds. The first-order chi connectivity index (χ1) is 9.81. The van der Waals surface area contributed by atoms with Gasteiger partial charge in [0.25, 0.3) is 0 Å². The van der Waals surface area contributed by atoms with Crippen LogP contribution >= 0.6 is 0 Å². The molecule has 1 heterocycles. The van der Waals surface area contributed by atoms with Crippen LogP contribution in [0.15, 0.2) is 36.7 Å². The number of ketones is 1. The Kier molecular flexibility index (Phi) is 3.79. The largest absolute Gasteiger partial charge is 0.330 e. The summed E-state index contributed by atoms with van der Waals surface area (Å²) in [5, 5.41) is 2.03. The molecule has 1 fully saturated rings. The molecule has 0 aliphatic heterocycles. The van der Waals surface area contributed by atoms with Crippen LogP contribution in [-0.2, 0) is 0 Å². The van der Waals surface area contributed by atoms with Crippen molar-refractivity contribution >= 4 is 16.6 Å². The van der Waals surface area contributed by atoms with Gasteiger partial charge in [-0.05, 0) is 30.7 Å². The minimum atomic E-state index is 0.0707. The van der Waals surface area contributed by atoms with Crippen molar-refractivity contribution in [2.45, 2.75) is 25.7 Å². The van der Waals surface area contributed by atoms with Gasteiger partial charge in [-0.3, -0.25) is 9.78 Å². The molecular formula is C17H20N2O. The molecule has 0 bridgehead atoms. The topological polar surface area (TPSA) is 56.0 Å². The van der Waals surface area contributed by atoms with Crippen LogP contribution < -0.4 is 5.73 Å². The van der Waals surface area contributed by atoms with E-state index in [0.717, 1.165) is 35.6 Å². The lowest BCUT2D eigenvalue weighted by molar-refractivity contribution is 0.0831. The number of Topliss-reactive ketones (excluding diaryl/α,β-unsaturated/α-hetero) is 1. The molecule has 3 rings (SSSR count). The van der Waals surface area contributed by atoms with E-state index in [1.54, 1.807) is 6.20 Å². The lowest BCUT2D eigenvalue weighted by Gasteiger charge is -2.29. The van der Waals surface area contributed by atoms with E-state index in [4.69, 9.17) is 5.73 Å². The van der Waals surface area contributed by atoms with Gasteiger partial charge in [0.15, 0.2) is 5.78 Å². The number of benzene rings is 1. The first-order valence-corrected chi connectivity index (χ1v) is 7.38. The summed E-state index contributed by atoms with van der Waals surface area (Å²) in [6.45, 7) is 0.606. The average molecular weight is 268 g/mol. The monoisotopic (exact) mass is 268 g/mol. The number of hydrogen-bond acceptors (Lipinski definition) is 3. The van der Waals surface area contributed by atoms with E-state index in [1.807, 2.05) is 30.5 Å². The Morgan fingerprint density at radius 2 is 2.00 bits per heavy atom. The Hall–Kier alpha value is -1.74. The van der Waals surface area contributed by atoms with Crippen molar-refractivity contribution in [1.29, 1.82) is 0 Å². The number of rotatable bonds is 3. The number of nitrogens with zero attached hydrogens (tertiary/aromatic N) is 1. The minimum absolute atomic E-state index is 0.0707. The zero-order valence-corrected chi connectivity index (χ0v) is 11.6. The summed E-state index contributed by atoms with van der Waals surface area (Å²) in [6.07, 6.45) is 7.89. The van der Waals surface area contributed by atoms with E-state index in [1.165, 1.54) is 6.42 Å². The van der Waals surface area contributed by atoms with Gasteiger partial charge in [0.05, 0.1) is 0 Å². The van der Waals surface area contributed by atoms with Crippen LogP contribution in [0.5, 0.6) is 0 Å². The van der Waals surface area contributed by atoms with Gasteiger partial charge in [0.2, 0.25) is 0 Å². The van der Waals surface area contributed by atoms with Gasteiger partial charge in [-0.15, -0.1) is 0 Å². The molecule has 3 heteroatoms. The van der Waals surface area contributed by atoms with E-state index in [9.17, 15) is 4.79 Å². The SMILES string of the molecule is NCC1CCCCC1C(=O)c1cncc2ccccc12. The fourth-order valence-corrected chi connectivity index (χ4v) is 3.35. The van der Waals surface area contributed by atoms with Gasteiger partial charge in [-0.2, -0.15) is 0 Å². The highest BCUT2D eigenvalue weighted by molar-refractivity contribution is 6.08. The van der Waals surface area contributed by atoms with E-state index < -0.39 is 0 Å². The van der Waals surface area contributed by atoms with Crippen LogP contribution in [0, 0.1) is 11.8 Å². The zero-order valence-electron chi connectivity index (χ0n) is 11.6. The van der Waals surface area contributed by atoms with Crippen LogP contribution in [0.4, 0.5) is 0 Å². The number of fused-ring (bicyclic) bond motifs is 1. The fraction of sp³-hybridized carbons (Fsp3) is 0.412. The summed E-state index contributed by atoms with van der Waals surface area (Å²) in [7, 11) is 0. The van der Waals surface area contributed by atoms with Crippen molar-refractivity contribution < 1.29 is 4.79 Å². The Morgan fingerprint density at radius 1 is 1.20 bits per heavy atom. The smallest absolute Gasteiger partial charge is 0.168 e. The number of hydrogen-bond donors (Lipinski definition) is 1. The molecule has 0 saturated heterocycles. The quantitative estimate of drug-likeness (QED) is 0.870. The predicted molar refractivity (Wildman–Crippen MR) is 80.6 cm³/mol. The number of carbonyl (C=O) groups is 1.